The molecule has 0 atom stereocenters. The molecule has 1 amide bonds. The molecule has 1 heterocycles. The fraction of sp³-hybridized carbons (Fsp3) is 0.214. The molecule has 2 aromatic rings. The van der Waals surface area contributed by atoms with E-state index in [-0.39, 0.29) is 17.3 Å². The minimum Gasteiger partial charge on any atom is -0.477 e. The van der Waals surface area contributed by atoms with Gasteiger partial charge in [0, 0.05) is 12.6 Å². The van der Waals surface area contributed by atoms with Crippen molar-refractivity contribution in [2.24, 2.45) is 7.05 Å². The van der Waals surface area contributed by atoms with Gasteiger partial charge in [-0.3, -0.25) is 9.48 Å². The van der Waals surface area contributed by atoms with E-state index >= 15 is 0 Å². The molecule has 6 nitrogen and oxygen atoms in total. The number of anilines is 1. The molecule has 0 saturated heterocycles. The van der Waals surface area contributed by atoms with E-state index in [9.17, 15) is 14.7 Å². The van der Waals surface area contributed by atoms with Crippen LogP contribution in [0.5, 0.6) is 0 Å². The summed E-state index contributed by atoms with van der Waals surface area (Å²) in [5, 5.41) is 15.8. The molecule has 0 spiro atoms. The van der Waals surface area contributed by atoms with Crippen molar-refractivity contribution in [1.29, 1.82) is 0 Å². The minimum absolute atomic E-state index is 0.00787. The Morgan fingerprint density at radius 3 is 2.60 bits per heavy atom. The summed E-state index contributed by atoms with van der Waals surface area (Å²) in [7, 11) is 1.59. The topological polar surface area (TPSA) is 84.2 Å². The lowest BCUT2D eigenvalue weighted by Crippen LogP contribution is -2.17. The maximum atomic E-state index is 12.2. The monoisotopic (exact) mass is 273 g/mol. The second-order valence-electron chi connectivity index (χ2n) is 4.56. The van der Waals surface area contributed by atoms with E-state index in [4.69, 9.17) is 0 Å². The van der Waals surface area contributed by atoms with Crippen molar-refractivity contribution in [3.8, 4) is 0 Å². The fourth-order valence-corrected chi connectivity index (χ4v) is 2.02. The highest BCUT2D eigenvalue weighted by Gasteiger charge is 2.21. The van der Waals surface area contributed by atoms with E-state index in [1.807, 2.05) is 13.0 Å². The zero-order chi connectivity index (χ0) is 14.9. The largest absolute Gasteiger partial charge is 0.477 e. The molecular weight excluding hydrogens is 258 g/mol. The Kier molecular flexibility index (Phi) is 3.56. The summed E-state index contributed by atoms with van der Waals surface area (Å²) in [6, 6.07) is 7.07. The molecule has 0 saturated carbocycles. The summed E-state index contributed by atoms with van der Waals surface area (Å²) in [5.74, 6) is -1.30. The third-order valence-electron chi connectivity index (χ3n) is 2.95. The van der Waals surface area contributed by atoms with Gasteiger partial charge in [0.25, 0.3) is 5.91 Å². The molecule has 20 heavy (non-hydrogen) atoms. The van der Waals surface area contributed by atoms with Crippen LogP contribution in [0, 0.1) is 13.8 Å². The number of nitrogens with one attached hydrogen (secondary N) is 1. The second-order valence-corrected chi connectivity index (χ2v) is 4.56. The van der Waals surface area contributed by atoms with Gasteiger partial charge in [-0.15, -0.1) is 0 Å². The van der Waals surface area contributed by atoms with Gasteiger partial charge < -0.3 is 10.4 Å². The number of carboxylic acid groups (broad SMARTS) is 1. The first-order chi connectivity index (χ1) is 9.40. The normalized spacial score (nSPS) is 10.3. The molecule has 0 aliphatic carbocycles. The Balaban J connectivity index is 2.35. The first-order valence-electron chi connectivity index (χ1n) is 6.05. The number of aryl methyl sites for hydroxylation is 3. The predicted octanol–water partition coefficient (Wildman–Crippen LogP) is 1.99. The number of rotatable bonds is 3. The van der Waals surface area contributed by atoms with E-state index < -0.39 is 5.97 Å². The van der Waals surface area contributed by atoms with Crippen molar-refractivity contribution in [3.63, 3.8) is 0 Å². The molecule has 0 bridgehead atoms. The van der Waals surface area contributed by atoms with E-state index in [0.29, 0.717) is 11.3 Å². The molecule has 1 aromatic heterocycles. The molecule has 0 unspecified atom stereocenters. The Morgan fingerprint density at radius 2 is 2.00 bits per heavy atom. The SMILES string of the molecule is Cc1cccc(C(=O)Nc2c(C(=O)O)c(C)nn2C)c1. The smallest absolute Gasteiger partial charge is 0.341 e. The zero-order valence-corrected chi connectivity index (χ0v) is 11.5. The first kappa shape index (κ1) is 13.8. The summed E-state index contributed by atoms with van der Waals surface area (Å²) in [5.41, 5.74) is 1.80. The van der Waals surface area contributed by atoms with Crippen molar-refractivity contribution in [3.05, 3.63) is 46.6 Å². The molecule has 2 N–H and O–H groups in total. The fourth-order valence-electron chi connectivity index (χ4n) is 2.02. The van der Waals surface area contributed by atoms with Crippen LogP contribution in [0.25, 0.3) is 0 Å². The van der Waals surface area contributed by atoms with Crippen molar-refractivity contribution in [1.82, 2.24) is 9.78 Å². The van der Waals surface area contributed by atoms with Crippen LogP contribution in [0.1, 0.15) is 32.0 Å². The van der Waals surface area contributed by atoms with Crippen LogP contribution in [0.4, 0.5) is 5.82 Å². The van der Waals surface area contributed by atoms with Crippen molar-refractivity contribution in [2.45, 2.75) is 13.8 Å². The van der Waals surface area contributed by atoms with Gasteiger partial charge in [-0.05, 0) is 26.0 Å². The van der Waals surface area contributed by atoms with E-state index in [0.717, 1.165) is 5.56 Å². The number of carbonyl (C=O) groups excluding carboxylic acids is 1. The number of aromatic carboxylic acids is 1. The highest BCUT2D eigenvalue weighted by molar-refractivity contribution is 6.07. The molecular formula is C14H15N3O3. The third kappa shape index (κ3) is 2.54. The quantitative estimate of drug-likeness (QED) is 0.895. The molecule has 2 rings (SSSR count). The average Bonchev–Trinajstić information content (AvgIpc) is 2.64. The second kappa shape index (κ2) is 5.16. The molecule has 0 fully saturated rings. The Bertz CT molecular complexity index is 689. The first-order valence-corrected chi connectivity index (χ1v) is 6.05. The van der Waals surface area contributed by atoms with Crippen molar-refractivity contribution in [2.75, 3.05) is 5.32 Å². The zero-order valence-electron chi connectivity index (χ0n) is 11.5. The molecule has 6 heteroatoms. The lowest BCUT2D eigenvalue weighted by molar-refractivity contribution is 0.0697. The molecule has 1 aromatic carbocycles. The van der Waals surface area contributed by atoms with Crippen LogP contribution in [0.2, 0.25) is 0 Å². The summed E-state index contributed by atoms with van der Waals surface area (Å²) in [6.45, 7) is 3.47. The molecule has 104 valence electrons. The van der Waals surface area contributed by atoms with Crippen LogP contribution >= 0.6 is 0 Å². The van der Waals surface area contributed by atoms with Gasteiger partial charge in [0.2, 0.25) is 0 Å². The van der Waals surface area contributed by atoms with E-state index in [2.05, 4.69) is 10.4 Å². The van der Waals surface area contributed by atoms with Crippen molar-refractivity contribution < 1.29 is 14.7 Å². The highest BCUT2D eigenvalue weighted by Crippen LogP contribution is 2.19. The Morgan fingerprint density at radius 1 is 1.30 bits per heavy atom. The summed E-state index contributed by atoms with van der Waals surface area (Å²) >= 11 is 0. The van der Waals surface area contributed by atoms with Gasteiger partial charge in [0.1, 0.15) is 11.4 Å². The Hall–Kier alpha value is -2.63. The Labute approximate surface area is 116 Å². The van der Waals surface area contributed by atoms with Gasteiger partial charge in [-0.1, -0.05) is 17.7 Å². The van der Waals surface area contributed by atoms with Crippen LogP contribution in [0.3, 0.4) is 0 Å². The van der Waals surface area contributed by atoms with Crippen LogP contribution < -0.4 is 5.32 Å². The average molecular weight is 273 g/mol. The number of hydrogen-bond donors (Lipinski definition) is 2. The van der Waals surface area contributed by atoms with Gasteiger partial charge >= 0.3 is 5.97 Å². The number of carboxylic acids is 1. The van der Waals surface area contributed by atoms with E-state index in [1.165, 1.54) is 4.68 Å². The summed E-state index contributed by atoms with van der Waals surface area (Å²) < 4.78 is 1.35. The van der Waals surface area contributed by atoms with Crippen LogP contribution in [-0.2, 0) is 7.05 Å². The minimum atomic E-state index is -1.12. The van der Waals surface area contributed by atoms with Crippen LogP contribution in [0.15, 0.2) is 24.3 Å². The molecule has 0 aliphatic rings. The number of carbonyl (C=O) groups is 2. The predicted molar refractivity (Wildman–Crippen MR) is 74.0 cm³/mol. The number of amides is 1. The van der Waals surface area contributed by atoms with Gasteiger partial charge in [-0.2, -0.15) is 5.10 Å². The van der Waals surface area contributed by atoms with Crippen LogP contribution in [-0.4, -0.2) is 26.8 Å². The summed E-state index contributed by atoms with van der Waals surface area (Å²) in [6.07, 6.45) is 0. The molecule has 0 aliphatic heterocycles. The molecule has 0 radical (unpaired) electrons. The van der Waals surface area contributed by atoms with Gasteiger partial charge in [-0.25, -0.2) is 4.79 Å². The number of nitrogens with zero attached hydrogens (tertiary/aromatic N) is 2. The number of aromatic nitrogens is 2. The lowest BCUT2D eigenvalue weighted by Gasteiger charge is -2.07. The maximum Gasteiger partial charge on any atom is 0.341 e. The lowest BCUT2D eigenvalue weighted by atomic mass is 10.1. The van der Waals surface area contributed by atoms with Gasteiger partial charge in [0.15, 0.2) is 0 Å². The summed E-state index contributed by atoms with van der Waals surface area (Å²) in [4.78, 5) is 23.4. The number of hydrogen-bond acceptors (Lipinski definition) is 3. The standard InChI is InChI=1S/C14H15N3O3/c1-8-5-4-6-10(7-8)13(18)15-12-11(14(19)20)9(2)16-17(12)3/h4-7H,1-3H3,(H,15,18)(H,19,20). The van der Waals surface area contributed by atoms with E-state index in [1.54, 1.807) is 32.2 Å². The third-order valence-corrected chi connectivity index (χ3v) is 2.95. The number of benzene rings is 1. The maximum absolute atomic E-state index is 12.2. The van der Waals surface area contributed by atoms with Crippen molar-refractivity contribution >= 4 is 17.7 Å². The van der Waals surface area contributed by atoms with Gasteiger partial charge in [0.05, 0.1) is 5.69 Å². The highest BCUT2D eigenvalue weighted by atomic mass is 16.4.